The van der Waals surface area contributed by atoms with Gasteiger partial charge < -0.3 is 5.32 Å². The minimum atomic E-state index is 0.495. The van der Waals surface area contributed by atoms with Gasteiger partial charge in [0.25, 0.3) is 0 Å². The lowest BCUT2D eigenvalue weighted by Gasteiger charge is -2.20. The summed E-state index contributed by atoms with van der Waals surface area (Å²) in [4.78, 5) is 0. The van der Waals surface area contributed by atoms with Crippen LogP contribution in [0.25, 0.3) is 0 Å². The summed E-state index contributed by atoms with van der Waals surface area (Å²) in [6.45, 7) is 7.90. The van der Waals surface area contributed by atoms with E-state index in [9.17, 15) is 0 Å². The van der Waals surface area contributed by atoms with Crippen LogP contribution in [0.1, 0.15) is 32.8 Å². The van der Waals surface area contributed by atoms with Crippen LogP contribution < -0.4 is 5.32 Å². The Balaban J connectivity index is 2.09. The summed E-state index contributed by atoms with van der Waals surface area (Å²) in [6.07, 6.45) is 2.34. The van der Waals surface area contributed by atoms with Crippen molar-refractivity contribution in [1.29, 1.82) is 0 Å². The van der Waals surface area contributed by atoms with E-state index in [-0.39, 0.29) is 0 Å². The molecule has 1 aromatic carbocycles. The SMILES string of the molecule is CCNC(Cc1ccc(Br)cc1Cl)C1CC1(C)C. The van der Waals surface area contributed by atoms with Gasteiger partial charge in [-0.25, -0.2) is 0 Å². The van der Waals surface area contributed by atoms with Crippen molar-refractivity contribution in [3.05, 3.63) is 33.3 Å². The van der Waals surface area contributed by atoms with Crippen LogP contribution in [-0.4, -0.2) is 12.6 Å². The molecule has 3 heteroatoms. The molecule has 0 spiro atoms. The van der Waals surface area contributed by atoms with Crippen molar-refractivity contribution in [2.45, 2.75) is 39.7 Å². The summed E-state index contributed by atoms with van der Waals surface area (Å²) in [7, 11) is 0. The van der Waals surface area contributed by atoms with Gasteiger partial charge >= 0.3 is 0 Å². The highest BCUT2D eigenvalue weighted by Gasteiger charge is 2.49. The van der Waals surface area contributed by atoms with E-state index in [0.717, 1.165) is 28.4 Å². The smallest absolute Gasteiger partial charge is 0.0449 e. The summed E-state index contributed by atoms with van der Waals surface area (Å²) >= 11 is 9.76. The average Bonchev–Trinajstić information content (AvgIpc) is 2.90. The summed E-state index contributed by atoms with van der Waals surface area (Å²) in [6, 6.07) is 6.73. The van der Waals surface area contributed by atoms with Crippen LogP contribution in [-0.2, 0) is 6.42 Å². The molecule has 18 heavy (non-hydrogen) atoms. The second kappa shape index (κ2) is 5.52. The molecule has 1 aliphatic carbocycles. The zero-order chi connectivity index (χ0) is 13.3. The van der Waals surface area contributed by atoms with Gasteiger partial charge in [-0.3, -0.25) is 0 Å². The molecular formula is C15H21BrClN. The number of likely N-dealkylation sites (N-methyl/N-ethyl adjacent to an activating group) is 1. The Labute approximate surface area is 123 Å². The lowest BCUT2D eigenvalue weighted by Crippen LogP contribution is -2.34. The normalized spacial score (nSPS) is 22.8. The topological polar surface area (TPSA) is 12.0 Å². The molecular weight excluding hydrogens is 310 g/mol. The van der Waals surface area contributed by atoms with Crippen molar-refractivity contribution in [2.24, 2.45) is 11.3 Å². The van der Waals surface area contributed by atoms with Crippen molar-refractivity contribution in [2.75, 3.05) is 6.54 Å². The molecule has 0 radical (unpaired) electrons. The first-order chi connectivity index (χ1) is 8.44. The second-order valence-corrected chi connectivity index (χ2v) is 7.23. The maximum atomic E-state index is 6.31. The summed E-state index contributed by atoms with van der Waals surface area (Å²) in [5.74, 6) is 0.775. The predicted octanol–water partition coefficient (Wildman–Crippen LogP) is 4.67. The Morgan fingerprint density at radius 2 is 2.17 bits per heavy atom. The van der Waals surface area contributed by atoms with Gasteiger partial charge in [0.05, 0.1) is 0 Å². The first kappa shape index (κ1) is 14.4. The van der Waals surface area contributed by atoms with Gasteiger partial charge in [-0.1, -0.05) is 54.4 Å². The molecule has 0 amide bonds. The van der Waals surface area contributed by atoms with E-state index < -0.39 is 0 Å². The number of rotatable bonds is 5. The van der Waals surface area contributed by atoms with Gasteiger partial charge in [0.15, 0.2) is 0 Å². The fourth-order valence-electron chi connectivity index (χ4n) is 2.74. The third-order valence-corrected chi connectivity index (χ3v) is 4.84. The van der Waals surface area contributed by atoms with E-state index in [1.54, 1.807) is 0 Å². The van der Waals surface area contributed by atoms with Crippen LogP contribution in [0.4, 0.5) is 0 Å². The van der Waals surface area contributed by atoms with Gasteiger partial charge in [0, 0.05) is 15.5 Å². The molecule has 0 bridgehead atoms. The van der Waals surface area contributed by atoms with E-state index >= 15 is 0 Å². The fraction of sp³-hybridized carbons (Fsp3) is 0.600. The Hall–Kier alpha value is -0.0500. The van der Waals surface area contributed by atoms with Crippen LogP contribution in [0.5, 0.6) is 0 Å². The Bertz CT molecular complexity index is 431. The van der Waals surface area contributed by atoms with Crippen LogP contribution in [0.3, 0.4) is 0 Å². The monoisotopic (exact) mass is 329 g/mol. The number of halogens is 2. The molecule has 0 heterocycles. The molecule has 1 nitrogen and oxygen atoms in total. The molecule has 1 aromatic rings. The Morgan fingerprint density at radius 1 is 1.50 bits per heavy atom. The molecule has 1 N–H and O–H groups in total. The number of benzene rings is 1. The Morgan fingerprint density at radius 3 is 2.67 bits per heavy atom. The van der Waals surface area contributed by atoms with E-state index in [2.05, 4.69) is 54.2 Å². The van der Waals surface area contributed by atoms with E-state index in [4.69, 9.17) is 11.6 Å². The van der Waals surface area contributed by atoms with Gasteiger partial charge in [-0.15, -0.1) is 0 Å². The first-order valence-electron chi connectivity index (χ1n) is 6.61. The highest BCUT2D eigenvalue weighted by Crippen LogP contribution is 2.54. The Kier molecular flexibility index (Phi) is 4.40. The third kappa shape index (κ3) is 3.28. The van der Waals surface area contributed by atoms with E-state index in [0.29, 0.717) is 11.5 Å². The van der Waals surface area contributed by atoms with Crippen molar-refractivity contribution in [3.63, 3.8) is 0 Å². The zero-order valence-corrected chi connectivity index (χ0v) is 13.6. The molecule has 2 unspecified atom stereocenters. The third-order valence-electron chi connectivity index (χ3n) is 4.00. The molecule has 2 rings (SSSR count). The highest BCUT2D eigenvalue weighted by atomic mass is 79.9. The lowest BCUT2D eigenvalue weighted by molar-refractivity contribution is 0.409. The van der Waals surface area contributed by atoms with Crippen LogP contribution in [0, 0.1) is 11.3 Å². The summed E-state index contributed by atoms with van der Waals surface area (Å²) < 4.78 is 1.04. The molecule has 2 atom stereocenters. The number of hydrogen-bond acceptors (Lipinski definition) is 1. The van der Waals surface area contributed by atoms with Gasteiger partial charge in [0.1, 0.15) is 0 Å². The van der Waals surface area contributed by atoms with Gasteiger partial charge in [-0.05, 0) is 48.4 Å². The van der Waals surface area contributed by atoms with Crippen LogP contribution in [0.2, 0.25) is 5.02 Å². The standard InChI is InChI=1S/C15H21BrClN/c1-4-18-14(12-9-15(12,2)3)7-10-5-6-11(16)8-13(10)17/h5-6,8,12,14,18H,4,7,9H2,1-3H3. The molecule has 1 aliphatic rings. The predicted molar refractivity (Wildman–Crippen MR) is 82.2 cm³/mol. The molecule has 100 valence electrons. The maximum absolute atomic E-state index is 6.31. The fourth-order valence-corrected chi connectivity index (χ4v) is 3.49. The minimum Gasteiger partial charge on any atom is -0.314 e. The maximum Gasteiger partial charge on any atom is 0.0449 e. The van der Waals surface area contributed by atoms with E-state index in [1.165, 1.54) is 12.0 Å². The summed E-state index contributed by atoms with van der Waals surface area (Å²) in [5.41, 5.74) is 1.74. The number of hydrogen-bond donors (Lipinski definition) is 1. The van der Waals surface area contributed by atoms with Crippen LogP contribution >= 0.6 is 27.5 Å². The van der Waals surface area contributed by atoms with Gasteiger partial charge in [-0.2, -0.15) is 0 Å². The highest BCUT2D eigenvalue weighted by molar-refractivity contribution is 9.10. The van der Waals surface area contributed by atoms with Crippen molar-refractivity contribution >= 4 is 27.5 Å². The molecule has 0 aromatic heterocycles. The quantitative estimate of drug-likeness (QED) is 0.827. The van der Waals surface area contributed by atoms with Crippen molar-refractivity contribution in [3.8, 4) is 0 Å². The molecule has 1 saturated carbocycles. The van der Waals surface area contributed by atoms with Crippen molar-refractivity contribution in [1.82, 2.24) is 5.32 Å². The van der Waals surface area contributed by atoms with Gasteiger partial charge in [0.2, 0.25) is 0 Å². The lowest BCUT2D eigenvalue weighted by atomic mass is 9.97. The molecule has 0 saturated heterocycles. The first-order valence-corrected chi connectivity index (χ1v) is 7.78. The second-order valence-electron chi connectivity index (χ2n) is 5.90. The van der Waals surface area contributed by atoms with Crippen molar-refractivity contribution < 1.29 is 0 Å². The largest absolute Gasteiger partial charge is 0.314 e. The number of nitrogens with one attached hydrogen (secondary N) is 1. The summed E-state index contributed by atoms with van der Waals surface area (Å²) in [5, 5.41) is 4.49. The van der Waals surface area contributed by atoms with E-state index in [1.807, 2.05) is 6.07 Å². The molecule has 0 aliphatic heterocycles. The minimum absolute atomic E-state index is 0.495. The van der Waals surface area contributed by atoms with Crippen LogP contribution in [0.15, 0.2) is 22.7 Å². The zero-order valence-electron chi connectivity index (χ0n) is 11.3. The average molecular weight is 331 g/mol. The molecule has 1 fully saturated rings.